The van der Waals surface area contributed by atoms with Gasteiger partial charge in [0.25, 0.3) is 0 Å². The Bertz CT molecular complexity index is 3350. The molecule has 0 bridgehead atoms. The molecular formula is C72H112N16O16. The number of carboxylic acid groups (broad SMARTS) is 1. The number of nitrogens with zero attached hydrogens (tertiary/aromatic N) is 8. The van der Waals surface area contributed by atoms with Crippen molar-refractivity contribution in [3.05, 3.63) is 71.8 Å². The van der Waals surface area contributed by atoms with Gasteiger partial charge in [-0.3, -0.25) is 67.3 Å². The van der Waals surface area contributed by atoms with Crippen molar-refractivity contribution < 1.29 is 77.0 Å². The van der Waals surface area contributed by atoms with Crippen molar-refractivity contribution in [1.82, 2.24) is 55.6 Å². The first-order chi connectivity index (χ1) is 48.9. The highest BCUT2D eigenvalue weighted by molar-refractivity contribution is 6.01. The molecule has 0 radical (unpaired) electrons. The maximum Gasteiger partial charge on any atom is 0.326 e. The summed E-state index contributed by atoms with van der Waals surface area (Å²) >= 11 is 0. The van der Waals surface area contributed by atoms with Crippen LogP contribution in [-0.2, 0) is 84.7 Å². The molecule has 13 amide bonds. The predicted octanol–water partition coefficient (Wildman–Crippen LogP) is -0.532. The number of guanidine groups is 1. The van der Waals surface area contributed by atoms with E-state index in [4.69, 9.17) is 27.7 Å². The minimum atomic E-state index is -1.75. The number of rotatable bonds is 40. The molecule has 0 aliphatic carbocycles. The third kappa shape index (κ3) is 24.2. The van der Waals surface area contributed by atoms with Gasteiger partial charge >= 0.3 is 5.97 Å². The average molecular weight is 1460 g/mol. The van der Waals surface area contributed by atoms with Crippen molar-refractivity contribution >= 4 is 88.7 Å². The zero-order valence-corrected chi connectivity index (χ0v) is 62.7. The van der Waals surface area contributed by atoms with Crippen molar-refractivity contribution in [3.63, 3.8) is 0 Å². The summed E-state index contributed by atoms with van der Waals surface area (Å²) in [5.41, 5.74) is 23.6. The summed E-state index contributed by atoms with van der Waals surface area (Å²) in [6, 6.07) is 2.70. The molecule has 13 N–H and O–H groups in total. The molecule has 4 rings (SSSR count). The number of hydrogen-bond donors (Lipinski definition) is 9. The van der Waals surface area contributed by atoms with Crippen LogP contribution in [0.3, 0.4) is 0 Å². The number of hydrogen-bond acceptors (Lipinski definition) is 16. The van der Waals surface area contributed by atoms with Gasteiger partial charge in [-0.05, 0) is 79.7 Å². The van der Waals surface area contributed by atoms with Crippen molar-refractivity contribution in [2.75, 3.05) is 68.6 Å². The third-order valence-corrected chi connectivity index (χ3v) is 19.2. The SMILES string of the molecule is CCC(C)C(C(=O)N(C)C(C(=O)N(C)C(CC(C)C)C(=O)NC(CC(N)=O)C(=O)NC(Cc1ccccc1)C(=O)N1CCCC1C(=O)N1CCCC1C(=O)NC(CCCN=C(N)N)C(=O)O)C(C)C)N(C)C(=O)C(CC(N)=O)N(C)C(=O)C(C(C)C)N(C)C(=O)C(Cc1ccccc1)NC(=O)COC. The molecule has 2 aliphatic rings. The lowest BCUT2D eigenvalue weighted by Crippen LogP contribution is -2.63. The fraction of sp³-hybridized carbons (Fsp3) is 0.625. The third-order valence-electron chi connectivity index (χ3n) is 19.2. The van der Waals surface area contributed by atoms with E-state index in [2.05, 4.69) is 26.3 Å². The number of nitrogens with one attached hydrogen (secondary N) is 4. The van der Waals surface area contributed by atoms with Gasteiger partial charge in [-0.1, -0.05) is 122 Å². The molecule has 576 valence electrons. The van der Waals surface area contributed by atoms with Gasteiger partial charge in [0.05, 0.1) is 12.8 Å². The number of methoxy groups -OCH3 is 1. The average Bonchev–Trinajstić information content (AvgIpc) is 1.29. The van der Waals surface area contributed by atoms with E-state index >= 15 is 19.2 Å². The second-order valence-electron chi connectivity index (χ2n) is 28.2. The van der Waals surface area contributed by atoms with Crippen molar-refractivity contribution in [2.24, 2.45) is 51.6 Å². The fourth-order valence-corrected chi connectivity index (χ4v) is 13.5. The summed E-state index contributed by atoms with van der Waals surface area (Å²) in [5, 5.41) is 20.5. The van der Waals surface area contributed by atoms with E-state index in [9.17, 15) is 53.1 Å². The number of likely N-dealkylation sites (N-methyl/N-ethyl adjacent to an activating group) is 5. The highest BCUT2D eigenvalue weighted by atomic mass is 16.5. The van der Waals surface area contributed by atoms with Gasteiger partial charge in [0.2, 0.25) is 76.8 Å². The molecule has 2 aliphatic heterocycles. The highest BCUT2D eigenvalue weighted by Gasteiger charge is 2.48. The van der Waals surface area contributed by atoms with Crippen LogP contribution in [0.25, 0.3) is 0 Å². The van der Waals surface area contributed by atoms with E-state index in [1.54, 1.807) is 116 Å². The van der Waals surface area contributed by atoms with Crippen LogP contribution in [0.2, 0.25) is 0 Å². The number of benzene rings is 2. The lowest BCUT2D eigenvalue weighted by molar-refractivity contribution is -0.158. The van der Waals surface area contributed by atoms with E-state index in [0.29, 0.717) is 30.4 Å². The van der Waals surface area contributed by atoms with Crippen LogP contribution >= 0.6 is 0 Å². The molecule has 32 nitrogen and oxygen atoms in total. The summed E-state index contributed by atoms with van der Waals surface area (Å²) in [7, 11) is 8.03. The van der Waals surface area contributed by atoms with Gasteiger partial charge in [-0.25, -0.2) is 4.79 Å². The Morgan fingerprint density at radius 1 is 0.558 bits per heavy atom. The maximum absolute atomic E-state index is 15.3. The first kappa shape index (κ1) is 86.7. The van der Waals surface area contributed by atoms with Gasteiger partial charge < -0.3 is 88.3 Å². The van der Waals surface area contributed by atoms with Crippen LogP contribution < -0.4 is 44.2 Å². The van der Waals surface area contributed by atoms with Crippen LogP contribution in [0.15, 0.2) is 65.7 Å². The van der Waals surface area contributed by atoms with Crippen LogP contribution in [0, 0.1) is 23.7 Å². The van der Waals surface area contributed by atoms with E-state index in [0.717, 1.165) is 14.7 Å². The molecule has 2 aromatic rings. The zero-order valence-electron chi connectivity index (χ0n) is 62.7. The number of aliphatic carboxylic acids is 1. The van der Waals surface area contributed by atoms with Crippen molar-refractivity contribution in [3.8, 4) is 0 Å². The number of primary amides is 2. The van der Waals surface area contributed by atoms with Crippen molar-refractivity contribution in [1.29, 1.82) is 0 Å². The Labute approximate surface area is 609 Å². The largest absolute Gasteiger partial charge is 0.480 e. The lowest BCUT2D eigenvalue weighted by Gasteiger charge is -2.42. The number of likely N-dealkylation sites (tertiary alicyclic amines) is 2. The Morgan fingerprint density at radius 2 is 1.04 bits per heavy atom. The quantitative estimate of drug-likeness (QED) is 0.0230. The van der Waals surface area contributed by atoms with Gasteiger partial charge in [-0.2, -0.15) is 0 Å². The Kier molecular flexibility index (Phi) is 34.1. The van der Waals surface area contributed by atoms with Gasteiger partial charge in [-0.15, -0.1) is 0 Å². The molecule has 2 saturated heterocycles. The summed E-state index contributed by atoms with van der Waals surface area (Å²) in [4.78, 5) is 211. The number of amides is 13. The van der Waals surface area contributed by atoms with Crippen LogP contribution in [0.5, 0.6) is 0 Å². The minimum absolute atomic E-state index is 0.00666. The summed E-state index contributed by atoms with van der Waals surface area (Å²) in [6.45, 7) is 13.7. The first-order valence-corrected chi connectivity index (χ1v) is 35.5. The number of carbonyl (C=O) groups excluding carboxylic acids is 13. The molecule has 104 heavy (non-hydrogen) atoms. The molecule has 32 heteroatoms. The molecule has 2 heterocycles. The monoisotopic (exact) mass is 1460 g/mol. The lowest BCUT2D eigenvalue weighted by atomic mass is 9.92. The molecule has 2 fully saturated rings. The first-order valence-electron chi connectivity index (χ1n) is 35.5. The normalized spacial score (nSPS) is 17.1. The zero-order chi connectivity index (χ0) is 78.1. The van der Waals surface area contributed by atoms with E-state index < -0.39 is 180 Å². The van der Waals surface area contributed by atoms with Crippen LogP contribution in [-0.4, -0.2) is 263 Å². The standard InChI is InChI=1S/C72H112N16O16/c1-15-44(8)60(86(13)66(97)54(39-56(74)90)83(10)69(100)58(42(4)5)84(11)64(95)49(78-57(91)40-104-14)36-45-25-18-16-19-26-45)70(101)85(12)59(43(6)7)68(99)82(9)53(35-41(2)3)63(94)80-48(38-55(73)89)61(92)81-50(37-46-27-20-17-21-28-46)65(96)88-34-24-31-52(88)67(98)87-33-23-30-51(87)62(93)79-47(71(102)103)29-22-32-77-72(75)76/h16-21,25-28,41-44,47-54,58-60H,15,22-24,29-40H2,1-14H3,(H2,73,89)(H2,74,90)(H,78,91)(H,79,93)(H,80,94)(H,81,92)(H,102,103)(H4,75,76,77). The van der Waals surface area contributed by atoms with Gasteiger partial charge in [0, 0.05) is 74.8 Å². The van der Waals surface area contributed by atoms with Gasteiger partial charge in [0.1, 0.15) is 73.1 Å². The van der Waals surface area contributed by atoms with E-state index in [1.807, 2.05) is 0 Å². The number of nitrogens with two attached hydrogens (primary N) is 4. The maximum atomic E-state index is 15.3. The Hall–Kier alpha value is -9.75. The smallest absolute Gasteiger partial charge is 0.326 e. The fourth-order valence-electron chi connectivity index (χ4n) is 13.5. The Morgan fingerprint density at radius 3 is 1.53 bits per heavy atom. The highest BCUT2D eigenvalue weighted by Crippen LogP contribution is 2.29. The summed E-state index contributed by atoms with van der Waals surface area (Å²) in [5.74, 6) is -13.9. The van der Waals surface area contributed by atoms with Crippen LogP contribution in [0.4, 0.5) is 0 Å². The topological polar surface area (TPSA) is 456 Å². The second-order valence-corrected chi connectivity index (χ2v) is 28.2. The summed E-state index contributed by atoms with van der Waals surface area (Å²) < 4.78 is 5.00. The van der Waals surface area contributed by atoms with Gasteiger partial charge in [0.15, 0.2) is 5.96 Å². The molecule has 0 spiro atoms. The number of ether oxygens (including phenoxy) is 1. The Balaban J connectivity index is 1.63. The molecular weight excluding hydrogens is 1340 g/mol. The predicted molar refractivity (Wildman–Crippen MR) is 386 cm³/mol. The molecule has 2 aromatic carbocycles. The van der Waals surface area contributed by atoms with E-state index in [-0.39, 0.29) is 83.1 Å². The summed E-state index contributed by atoms with van der Waals surface area (Å²) in [6.07, 6.45) is 0.0984. The molecule has 12 atom stereocenters. The number of aliphatic imine (C=N–C) groups is 1. The van der Waals surface area contributed by atoms with Crippen LogP contribution in [0.1, 0.15) is 131 Å². The van der Waals surface area contributed by atoms with Crippen molar-refractivity contribution in [2.45, 2.75) is 199 Å². The molecule has 0 aromatic heterocycles. The number of carboxylic acids is 1. The molecule has 0 saturated carbocycles. The minimum Gasteiger partial charge on any atom is -0.480 e. The van der Waals surface area contributed by atoms with E-state index in [1.165, 1.54) is 61.9 Å². The molecule has 12 unspecified atom stereocenters. The number of carbonyl (C=O) groups is 14. The second kappa shape index (κ2) is 40.9.